The molecule has 3 nitrogen and oxygen atoms in total. The van der Waals surface area contributed by atoms with Crippen LogP contribution in [-0.4, -0.2) is 6.85 Å². The summed E-state index contributed by atoms with van der Waals surface area (Å²) >= 11 is 0. The molecule has 0 unspecified atom stereocenters. The molecule has 0 saturated heterocycles. The van der Waals surface area contributed by atoms with Crippen LogP contribution in [0.5, 0.6) is 0 Å². The van der Waals surface area contributed by atoms with Gasteiger partial charge in [0.15, 0.2) is 0 Å². The maximum Gasteiger partial charge on any atom is 0.333 e. The first-order valence-corrected chi connectivity index (χ1v) is 29.6. The molecule has 2 aliphatic heterocycles. The summed E-state index contributed by atoms with van der Waals surface area (Å²) in [6, 6.07) is 68.7. The number of fused-ring (bicyclic) bond motifs is 10. The van der Waals surface area contributed by atoms with E-state index in [9.17, 15) is 0 Å². The summed E-state index contributed by atoms with van der Waals surface area (Å²) in [5, 5.41) is 0. The fourth-order valence-electron chi connectivity index (χ4n) is 15.4. The summed E-state index contributed by atoms with van der Waals surface area (Å²) < 4.78 is 0. The molecule has 0 bridgehead atoms. The van der Waals surface area contributed by atoms with Crippen LogP contribution >= 0.6 is 0 Å². The summed E-state index contributed by atoms with van der Waals surface area (Å²) in [6.07, 6.45) is 4.63. The molecule has 398 valence electrons. The molecule has 3 aliphatic carbocycles. The van der Waals surface area contributed by atoms with E-state index in [1.807, 2.05) is 0 Å². The number of hydrogen-bond donors (Lipinski definition) is 0. The number of hydrogen-bond acceptors (Lipinski definition) is 3. The van der Waals surface area contributed by atoms with Gasteiger partial charge < -0.3 is 14.6 Å². The lowest BCUT2D eigenvalue weighted by Crippen LogP contribution is -2.61. The predicted octanol–water partition coefficient (Wildman–Crippen LogP) is 19.5. The Morgan fingerprint density at radius 3 is 1.61 bits per heavy atom. The van der Waals surface area contributed by atoms with Gasteiger partial charge in [0.2, 0.25) is 0 Å². The molecule has 9 aromatic carbocycles. The molecule has 4 heteroatoms. The summed E-state index contributed by atoms with van der Waals surface area (Å²) in [7, 11) is 0. The Morgan fingerprint density at radius 2 is 0.950 bits per heavy atom. The Hall–Kier alpha value is -7.56. The number of nitrogens with zero attached hydrogens (tertiary/aromatic N) is 3. The molecular formula is C76H76BN3. The number of benzene rings is 9. The lowest BCUT2D eigenvalue weighted by atomic mass is 9.43. The molecule has 0 amide bonds. The average molecular weight is 1040 g/mol. The number of rotatable bonds is 6. The smallest absolute Gasteiger partial charge is 0.333 e. The fraction of sp³-hybridized carbons (Fsp3) is 0.289. The van der Waals surface area contributed by atoms with Crippen molar-refractivity contribution >= 4 is 63.3 Å². The van der Waals surface area contributed by atoms with E-state index < -0.39 is 0 Å². The third-order valence-corrected chi connectivity index (χ3v) is 20.3. The van der Waals surface area contributed by atoms with Crippen LogP contribution in [0.25, 0.3) is 33.4 Å². The third kappa shape index (κ3) is 7.39. The fourth-order valence-corrected chi connectivity index (χ4v) is 15.4. The van der Waals surface area contributed by atoms with Crippen LogP contribution < -0.4 is 25.5 Å². The minimum atomic E-state index is -0.208. The summed E-state index contributed by atoms with van der Waals surface area (Å²) in [6.45, 7) is 31.4. The molecule has 0 aromatic heterocycles. The highest BCUT2D eigenvalue weighted by atomic mass is 15.2. The van der Waals surface area contributed by atoms with Gasteiger partial charge in [-0.1, -0.05) is 191 Å². The monoisotopic (exact) mass is 1040 g/mol. The van der Waals surface area contributed by atoms with Crippen molar-refractivity contribution in [2.45, 2.75) is 143 Å². The molecule has 2 heterocycles. The molecule has 0 fully saturated rings. The van der Waals surface area contributed by atoms with Crippen LogP contribution in [0.2, 0.25) is 0 Å². The zero-order valence-electron chi connectivity index (χ0n) is 49.5. The first-order chi connectivity index (χ1) is 38.2. The van der Waals surface area contributed by atoms with Crippen molar-refractivity contribution in [2.24, 2.45) is 0 Å². The third-order valence-electron chi connectivity index (χ3n) is 20.3. The first kappa shape index (κ1) is 50.6. The van der Waals surface area contributed by atoms with Gasteiger partial charge in [-0.25, -0.2) is 0 Å². The largest absolute Gasteiger partial charge is 0.376 e. The average Bonchev–Trinajstić information content (AvgIpc) is 3.87. The number of aryl methyl sites for hydroxylation is 3. The minimum Gasteiger partial charge on any atom is -0.376 e. The first-order valence-electron chi connectivity index (χ1n) is 29.6. The van der Waals surface area contributed by atoms with E-state index in [1.165, 1.54) is 147 Å². The zero-order chi connectivity index (χ0) is 55.6. The normalized spacial score (nSPS) is 17.8. The van der Waals surface area contributed by atoms with Gasteiger partial charge in [0.1, 0.15) is 0 Å². The van der Waals surface area contributed by atoms with Gasteiger partial charge in [0.25, 0.3) is 0 Å². The second kappa shape index (κ2) is 17.5. The van der Waals surface area contributed by atoms with E-state index in [2.05, 4.69) is 281 Å². The molecule has 0 atom stereocenters. The zero-order valence-corrected chi connectivity index (χ0v) is 49.5. The van der Waals surface area contributed by atoms with Gasteiger partial charge in [-0.2, -0.15) is 0 Å². The van der Waals surface area contributed by atoms with Crippen LogP contribution in [-0.2, 0) is 27.1 Å². The van der Waals surface area contributed by atoms with Gasteiger partial charge in [0.05, 0.1) is 0 Å². The second-order valence-electron chi connectivity index (χ2n) is 27.6. The molecule has 0 radical (unpaired) electrons. The molecule has 0 spiro atoms. The van der Waals surface area contributed by atoms with Gasteiger partial charge in [-0.3, -0.25) is 0 Å². The Labute approximate surface area is 477 Å². The molecule has 80 heavy (non-hydrogen) atoms. The molecule has 0 N–H and O–H groups in total. The minimum absolute atomic E-state index is 0.00461. The van der Waals surface area contributed by atoms with Gasteiger partial charge in [-0.05, 0) is 212 Å². The van der Waals surface area contributed by atoms with Gasteiger partial charge >= 0.3 is 6.85 Å². The maximum absolute atomic E-state index is 2.80. The van der Waals surface area contributed by atoms with E-state index in [0.717, 1.165) is 18.5 Å². The van der Waals surface area contributed by atoms with Crippen LogP contribution in [0.15, 0.2) is 176 Å². The lowest BCUT2D eigenvalue weighted by molar-refractivity contribution is 0.332. The Kier molecular flexibility index (Phi) is 11.1. The van der Waals surface area contributed by atoms with E-state index in [4.69, 9.17) is 0 Å². The van der Waals surface area contributed by atoms with Crippen LogP contribution in [0.4, 0.5) is 45.5 Å². The molecule has 5 aliphatic rings. The second-order valence-corrected chi connectivity index (χ2v) is 27.6. The van der Waals surface area contributed by atoms with Crippen LogP contribution in [0.1, 0.15) is 145 Å². The van der Waals surface area contributed by atoms with Crippen molar-refractivity contribution < 1.29 is 0 Å². The summed E-state index contributed by atoms with van der Waals surface area (Å²) in [4.78, 5) is 8.07. The van der Waals surface area contributed by atoms with Crippen LogP contribution in [0.3, 0.4) is 0 Å². The van der Waals surface area contributed by atoms with Crippen LogP contribution in [0, 0.1) is 20.8 Å². The van der Waals surface area contributed by atoms with E-state index in [1.54, 1.807) is 0 Å². The van der Waals surface area contributed by atoms with Gasteiger partial charge in [0, 0.05) is 56.5 Å². The predicted molar refractivity (Wildman–Crippen MR) is 343 cm³/mol. The Bertz CT molecular complexity index is 4010. The van der Waals surface area contributed by atoms with Crippen molar-refractivity contribution in [3.63, 3.8) is 0 Å². The molecule has 9 aromatic rings. The highest BCUT2D eigenvalue weighted by molar-refractivity contribution is 6.93. The molecular weight excluding hydrogens is 966 g/mol. The highest BCUT2D eigenvalue weighted by Gasteiger charge is 2.50. The van der Waals surface area contributed by atoms with E-state index in [0.29, 0.717) is 0 Å². The van der Waals surface area contributed by atoms with Crippen molar-refractivity contribution in [1.82, 2.24) is 0 Å². The quantitative estimate of drug-likeness (QED) is 0.154. The van der Waals surface area contributed by atoms with E-state index >= 15 is 0 Å². The highest BCUT2D eigenvalue weighted by Crippen LogP contribution is 2.60. The van der Waals surface area contributed by atoms with Crippen molar-refractivity contribution in [2.75, 3.05) is 14.6 Å². The number of anilines is 8. The number of para-hydroxylation sites is 2. The molecule has 14 rings (SSSR count). The Balaban J connectivity index is 1.17. The van der Waals surface area contributed by atoms with Crippen molar-refractivity contribution in [1.29, 1.82) is 0 Å². The SMILES string of the molecule is Cc1ccccc1N(c1cc2c3c(c1)N(c1cc4c(cc1C)C(C)(C)CCC4(C)C)c1ccc(-c4ccccc4)cc1B3N(c1ccc3c(c1)C(C)(C)CCC3(C)C)c1ccc3c(c1-2)-c1ccccc1C3(C)C)c1ccccc1C. The molecule has 0 saturated carbocycles. The maximum atomic E-state index is 2.80. The van der Waals surface area contributed by atoms with E-state index in [-0.39, 0.29) is 33.9 Å². The summed E-state index contributed by atoms with van der Waals surface area (Å²) in [5.74, 6) is 0. The van der Waals surface area contributed by atoms with Gasteiger partial charge in [-0.15, -0.1) is 0 Å². The van der Waals surface area contributed by atoms with Crippen molar-refractivity contribution in [3.8, 4) is 33.4 Å². The Morgan fingerprint density at radius 1 is 0.388 bits per heavy atom. The van der Waals surface area contributed by atoms with Crippen molar-refractivity contribution in [3.05, 3.63) is 226 Å². The lowest BCUT2D eigenvalue weighted by Gasteiger charge is -2.48. The summed E-state index contributed by atoms with van der Waals surface area (Å²) in [5.41, 5.74) is 32.5. The standard InChI is InChI=1S/C76H76BN3/c1-47-23-17-21-29-63(47)78(64-30-22-18-24-48(64)2)53-43-55-70-66(36-34-58-69(70)54-27-19-20-28-56(54)76(58,12)13)80(52-32-33-57-60(44-52)74(8,9)38-37-72(57,4)5)77-62-42-51(50-25-15-14-16-26-50)31-35-65(62)79(68(45-53)71(55)77)67-46-61-59(41-49(67)3)73(6,7)39-40-75(61,10)11/h14-36,41-46H,37-40H2,1-13H3. The topological polar surface area (TPSA) is 9.72 Å².